The van der Waals surface area contributed by atoms with Gasteiger partial charge >= 0.3 is 0 Å². The molecular weight excluding hydrogens is 330 g/mol. The van der Waals surface area contributed by atoms with Crippen molar-refractivity contribution in [3.05, 3.63) is 64.7 Å². The van der Waals surface area contributed by atoms with Gasteiger partial charge in [0.05, 0.1) is 17.5 Å². The summed E-state index contributed by atoms with van der Waals surface area (Å²) in [6.45, 7) is 0.436. The minimum absolute atomic E-state index is 0.0226. The number of phenols is 1. The van der Waals surface area contributed by atoms with Gasteiger partial charge in [-0.15, -0.1) is 0 Å². The van der Waals surface area contributed by atoms with E-state index in [9.17, 15) is 9.90 Å². The van der Waals surface area contributed by atoms with Crippen molar-refractivity contribution < 1.29 is 14.3 Å². The zero-order chi connectivity index (χ0) is 16.7. The van der Waals surface area contributed by atoms with Gasteiger partial charge in [-0.25, -0.2) is 4.68 Å². The van der Waals surface area contributed by atoms with Crippen LogP contribution in [0.1, 0.15) is 29.2 Å². The fourth-order valence-corrected chi connectivity index (χ4v) is 3.17. The van der Waals surface area contributed by atoms with E-state index in [1.54, 1.807) is 29.3 Å². The number of rotatable bonds is 3. The Bertz CT molecular complexity index is 902. The summed E-state index contributed by atoms with van der Waals surface area (Å²) >= 11 is 6.01. The zero-order valence-electron chi connectivity index (χ0n) is 12.6. The molecular formula is C17H14ClN3O3. The summed E-state index contributed by atoms with van der Waals surface area (Å²) in [4.78, 5) is 12.2. The van der Waals surface area contributed by atoms with E-state index >= 15 is 0 Å². The number of carbonyl (C=O) groups excluding carboxylic acids is 1. The number of halogens is 1. The van der Waals surface area contributed by atoms with Gasteiger partial charge in [0.2, 0.25) is 5.91 Å². The number of amides is 1. The van der Waals surface area contributed by atoms with E-state index in [-0.39, 0.29) is 22.6 Å². The largest absolute Gasteiger partial charge is 0.506 e. The topological polar surface area (TPSA) is 80.3 Å². The standard InChI is InChI=1S/C17H14ClN3O3/c18-14-6-10(3-4-15(14)22)12-7-16(23)20-17-13(12)8-19-21(17)9-11-2-1-5-24-11/h1-6,8,12,22H,7,9H2,(H,20,23). The van der Waals surface area contributed by atoms with Crippen molar-refractivity contribution >= 4 is 23.3 Å². The third kappa shape index (κ3) is 2.55. The van der Waals surface area contributed by atoms with Crippen molar-refractivity contribution in [1.82, 2.24) is 9.78 Å². The van der Waals surface area contributed by atoms with Crippen LogP contribution in [0.2, 0.25) is 5.02 Å². The van der Waals surface area contributed by atoms with E-state index in [1.165, 1.54) is 6.07 Å². The van der Waals surface area contributed by atoms with E-state index in [1.807, 2.05) is 12.1 Å². The molecule has 24 heavy (non-hydrogen) atoms. The summed E-state index contributed by atoms with van der Waals surface area (Å²) < 4.78 is 7.05. The highest BCUT2D eigenvalue weighted by atomic mass is 35.5. The third-order valence-corrected chi connectivity index (χ3v) is 4.45. The van der Waals surface area contributed by atoms with Crippen LogP contribution < -0.4 is 5.32 Å². The molecule has 7 heteroatoms. The second-order valence-corrected chi connectivity index (χ2v) is 6.11. The second-order valence-electron chi connectivity index (χ2n) is 5.70. The van der Waals surface area contributed by atoms with Crippen LogP contribution in [-0.4, -0.2) is 20.8 Å². The first-order valence-corrected chi connectivity index (χ1v) is 7.86. The van der Waals surface area contributed by atoms with Crippen molar-refractivity contribution in [2.24, 2.45) is 0 Å². The monoisotopic (exact) mass is 343 g/mol. The zero-order valence-corrected chi connectivity index (χ0v) is 13.3. The van der Waals surface area contributed by atoms with Gasteiger partial charge in [-0.05, 0) is 29.8 Å². The summed E-state index contributed by atoms with van der Waals surface area (Å²) in [5.41, 5.74) is 1.79. The van der Waals surface area contributed by atoms with Crippen LogP contribution in [-0.2, 0) is 11.3 Å². The number of furan rings is 1. The SMILES string of the molecule is O=C1CC(c2ccc(O)c(Cl)c2)c2cnn(Cc3ccco3)c2N1. The predicted molar refractivity (Wildman–Crippen MR) is 88.2 cm³/mol. The highest BCUT2D eigenvalue weighted by Crippen LogP contribution is 2.39. The maximum Gasteiger partial charge on any atom is 0.226 e. The third-order valence-electron chi connectivity index (χ3n) is 4.15. The molecule has 0 saturated carbocycles. The minimum atomic E-state index is -0.155. The Morgan fingerprint density at radius 3 is 3.04 bits per heavy atom. The maximum atomic E-state index is 12.2. The van der Waals surface area contributed by atoms with Crippen LogP contribution in [0.15, 0.2) is 47.2 Å². The molecule has 4 rings (SSSR count). The Morgan fingerprint density at radius 2 is 2.29 bits per heavy atom. The van der Waals surface area contributed by atoms with Crippen LogP contribution >= 0.6 is 11.6 Å². The number of carbonyl (C=O) groups is 1. The number of aromatic nitrogens is 2. The summed E-state index contributed by atoms with van der Waals surface area (Å²) in [6, 6.07) is 8.67. The highest BCUT2D eigenvalue weighted by Gasteiger charge is 2.30. The van der Waals surface area contributed by atoms with E-state index < -0.39 is 0 Å². The van der Waals surface area contributed by atoms with Gasteiger partial charge in [0.1, 0.15) is 23.9 Å². The minimum Gasteiger partial charge on any atom is -0.506 e. The van der Waals surface area contributed by atoms with Gasteiger partial charge in [-0.1, -0.05) is 17.7 Å². The van der Waals surface area contributed by atoms with Crippen molar-refractivity contribution in [3.63, 3.8) is 0 Å². The van der Waals surface area contributed by atoms with Gasteiger partial charge in [-0.3, -0.25) is 4.79 Å². The summed E-state index contributed by atoms with van der Waals surface area (Å²) in [6.07, 6.45) is 3.66. The number of nitrogens with one attached hydrogen (secondary N) is 1. The predicted octanol–water partition coefficient (Wildman–Crippen LogP) is 3.36. The number of phenolic OH excluding ortho intramolecular Hbond substituents is 1. The molecule has 122 valence electrons. The Balaban J connectivity index is 1.73. The Morgan fingerprint density at radius 1 is 1.42 bits per heavy atom. The molecule has 0 spiro atoms. The lowest BCUT2D eigenvalue weighted by molar-refractivity contribution is -0.116. The molecule has 1 aliphatic rings. The number of nitrogens with zero attached hydrogens (tertiary/aromatic N) is 2. The van der Waals surface area contributed by atoms with Crippen molar-refractivity contribution in [3.8, 4) is 5.75 Å². The number of aromatic hydroxyl groups is 1. The maximum absolute atomic E-state index is 12.2. The molecule has 0 bridgehead atoms. The van der Waals surface area contributed by atoms with Crippen LogP contribution in [0, 0.1) is 0 Å². The van der Waals surface area contributed by atoms with E-state index in [2.05, 4.69) is 10.4 Å². The number of anilines is 1. The molecule has 1 aromatic carbocycles. The fraction of sp³-hybridized carbons (Fsp3) is 0.176. The number of fused-ring (bicyclic) bond motifs is 1. The molecule has 1 amide bonds. The first-order chi connectivity index (χ1) is 11.6. The molecule has 1 atom stereocenters. The van der Waals surface area contributed by atoms with Crippen LogP contribution in [0.4, 0.5) is 5.82 Å². The van der Waals surface area contributed by atoms with Gasteiger partial charge in [-0.2, -0.15) is 5.10 Å². The number of hydrogen-bond donors (Lipinski definition) is 2. The average molecular weight is 344 g/mol. The van der Waals surface area contributed by atoms with Crippen molar-refractivity contribution in [1.29, 1.82) is 0 Å². The molecule has 2 N–H and O–H groups in total. The summed E-state index contributed by atoms with van der Waals surface area (Å²) in [5, 5.41) is 17.1. The highest BCUT2D eigenvalue weighted by molar-refractivity contribution is 6.32. The lowest BCUT2D eigenvalue weighted by atomic mass is 9.87. The summed E-state index contributed by atoms with van der Waals surface area (Å²) in [7, 11) is 0. The number of benzene rings is 1. The van der Waals surface area contributed by atoms with Crippen molar-refractivity contribution in [2.45, 2.75) is 18.9 Å². The Hall–Kier alpha value is -2.73. The van der Waals surface area contributed by atoms with Gasteiger partial charge in [0, 0.05) is 17.9 Å². The second kappa shape index (κ2) is 5.72. The summed E-state index contributed by atoms with van der Waals surface area (Å²) in [5.74, 6) is 1.20. The van der Waals surface area contributed by atoms with Crippen LogP contribution in [0.3, 0.4) is 0 Å². The fourth-order valence-electron chi connectivity index (χ4n) is 2.98. The lowest BCUT2D eigenvalue weighted by Gasteiger charge is -2.24. The lowest BCUT2D eigenvalue weighted by Crippen LogP contribution is -2.25. The van der Waals surface area contributed by atoms with Gasteiger partial charge in [0.25, 0.3) is 0 Å². The first-order valence-electron chi connectivity index (χ1n) is 7.48. The smallest absolute Gasteiger partial charge is 0.226 e. The van der Waals surface area contributed by atoms with E-state index in [4.69, 9.17) is 16.0 Å². The quantitative estimate of drug-likeness (QED) is 0.764. The van der Waals surface area contributed by atoms with Crippen LogP contribution in [0.5, 0.6) is 5.75 Å². The van der Waals surface area contributed by atoms with Crippen molar-refractivity contribution in [2.75, 3.05) is 5.32 Å². The average Bonchev–Trinajstić information content (AvgIpc) is 3.20. The molecule has 3 aromatic rings. The molecule has 6 nitrogen and oxygen atoms in total. The normalized spacial score (nSPS) is 16.7. The first kappa shape index (κ1) is 14.8. The van der Waals surface area contributed by atoms with Gasteiger partial charge < -0.3 is 14.8 Å². The molecule has 1 aliphatic heterocycles. The number of hydrogen-bond acceptors (Lipinski definition) is 4. The molecule has 0 aliphatic carbocycles. The molecule has 3 heterocycles. The van der Waals surface area contributed by atoms with Crippen LogP contribution in [0.25, 0.3) is 0 Å². The molecule has 1 unspecified atom stereocenters. The Kier molecular flexibility index (Phi) is 3.54. The molecule has 0 fully saturated rings. The molecule has 0 saturated heterocycles. The molecule has 0 radical (unpaired) electrons. The van der Waals surface area contributed by atoms with E-state index in [0.29, 0.717) is 18.8 Å². The van der Waals surface area contributed by atoms with E-state index in [0.717, 1.165) is 16.9 Å². The molecule has 2 aromatic heterocycles. The Labute approximate surface area is 142 Å². The van der Waals surface area contributed by atoms with Gasteiger partial charge in [0.15, 0.2) is 0 Å².